The van der Waals surface area contributed by atoms with Gasteiger partial charge < -0.3 is 10.0 Å². The lowest BCUT2D eigenvalue weighted by molar-refractivity contribution is -0.251. The van der Waals surface area contributed by atoms with Gasteiger partial charge in [0.15, 0.2) is 0 Å². The molecule has 10 heteroatoms. The quantitative estimate of drug-likeness (QED) is 0.810. The first-order chi connectivity index (χ1) is 9.75. The highest BCUT2D eigenvalue weighted by atomic mass is 32.2. The third kappa shape index (κ3) is 3.38. The van der Waals surface area contributed by atoms with Gasteiger partial charge in [0.25, 0.3) is 5.91 Å². The third-order valence-electron chi connectivity index (χ3n) is 3.88. The van der Waals surface area contributed by atoms with Crippen LogP contribution in [0.4, 0.5) is 13.2 Å². The highest BCUT2D eigenvalue weighted by Gasteiger charge is 2.58. The average Bonchev–Trinajstić information content (AvgIpc) is 2.38. The summed E-state index contributed by atoms with van der Waals surface area (Å²) in [4.78, 5) is 12.9. The van der Waals surface area contributed by atoms with Gasteiger partial charge >= 0.3 is 6.18 Å². The number of halogens is 3. The van der Waals surface area contributed by atoms with Gasteiger partial charge in [-0.2, -0.15) is 17.5 Å². The smallest absolute Gasteiger partial charge is 0.373 e. The van der Waals surface area contributed by atoms with Crippen LogP contribution < -0.4 is 0 Å². The number of sulfonamides is 1. The van der Waals surface area contributed by atoms with E-state index in [9.17, 15) is 31.5 Å². The summed E-state index contributed by atoms with van der Waals surface area (Å²) in [5.74, 6) is -1.59. The zero-order valence-corrected chi connectivity index (χ0v) is 13.7. The molecule has 0 aromatic rings. The van der Waals surface area contributed by atoms with Crippen molar-refractivity contribution in [2.75, 3.05) is 18.8 Å². The van der Waals surface area contributed by atoms with Gasteiger partial charge in [-0.15, -0.1) is 0 Å². The molecule has 0 aliphatic carbocycles. The van der Waals surface area contributed by atoms with Crippen LogP contribution in [0.5, 0.6) is 0 Å². The van der Waals surface area contributed by atoms with Crippen LogP contribution in [-0.2, 0) is 14.8 Å². The van der Waals surface area contributed by atoms with Crippen LogP contribution in [0.2, 0.25) is 0 Å². The minimum atomic E-state index is -5.10. The van der Waals surface area contributed by atoms with Gasteiger partial charge in [-0.3, -0.25) is 4.79 Å². The topological polar surface area (TPSA) is 77.9 Å². The Balaban J connectivity index is 3.02. The van der Waals surface area contributed by atoms with Crippen molar-refractivity contribution in [1.29, 1.82) is 0 Å². The second-order valence-electron chi connectivity index (χ2n) is 5.70. The second-order valence-corrected chi connectivity index (χ2v) is 7.91. The van der Waals surface area contributed by atoms with Gasteiger partial charge in [-0.25, -0.2) is 8.42 Å². The fourth-order valence-corrected chi connectivity index (χ4v) is 3.72. The number of alkyl halides is 3. The summed E-state index contributed by atoms with van der Waals surface area (Å²) in [6, 6.07) is -1.42. The molecule has 0 aromatic carbocycles. The molecule has 1 saturated heterocycles. The Kier molecular flexibility index (Phi) is 5.20. The normalized spacial score (nSPS) is 27.5. The Morgan fingerprint density at radius 3 is 2.14 bits per heavy atom. The number of carbonyl (C=O) groups excluding carboxylic acids is 1. The van der Waals surface area contributed by atoms with Gasteiger partial charge in [0.2, 0.25) is 15.6 Å². The maximum absolute atomic E-state index is 12.8. The van der Waals surface area contributed by atoms with Crippen LogP contribution in [0.25, 0.3) is 0 Å². The molecule has 1 unspecified atom stereocenters. The molecule has 0 radical (unpaired) electrons. The van der Waals surface area contributed by atoms with Crippen molar-refractivity contribution in [3.05, 3.63) is 0 Å². The minimum Gasteiger partial charge on any atom is -0.373 e. The lowest BCUT2D eigenvalue weighted by atomic mass is 10.0. The van der Waals surface area contributed by atoms with Gasteiger partial charge in [0.1, 0.15) is 0 Å². The van der Waals surface area contributed by atoms with E-state index in [1.807, 2.05) is 0 Å². The van der Waals surface area contributed by atoms with E-state index < -0.39 is 39.8 Å². The Labute approximate surface area is 127 Å². The highest BCUT2D eigenvalue weighted by molar-refractivity contribution is 7.89. The largest absolute Gasteiger partial charge is 0.426 e. The summed E-state index contributed by atoms with van der Waals surface area (Å²) in [6.07, 6.45) is -5.10. The summed E-state index contributed by atoms with van der Waals surface area (Å²) >= 11 is 0. The second kappa shape index (κ2) is 5.97. The van der Waals surface area contributed by atoms with E-state index in [1.165, 1.54) is 25.1 Å². The molecular weight excluding hydrogens is 325 g/mol. The van der Waals surface area contributed by atoms with E-state index in [1.54, 1.807) is 0 Å². The van der Waals surface area contributed by atoms with Gasteiger partial charge in [0.05, 0.1) is 5.75 Å². The van der Waals surface area contributed by atoms with Crippen molar-refractivity contribution in [2.24, 2.45) is 0 Å². The summed E-state index contributed by atoms with van der Waals surface area (Å²) in [5, 5.41) is 9.50. The van der Waals surface area contributed by atoms with E-state index in [0.29, 0.717) is 6.92 Å². The predicted octanol–water partition coefficient (Wildman–Crippen LogP) is 0.571. The molecule has 1 aliphatic rings. The van der Waals surface area contributed by atoms with Crippen molar-refractivity contribution in [3.63, 3.8) is 0 Å². The number of aliphatic hydroxyl groups is 1. The highest BCUT2D eigenvalue weighted by Crippen LogP contribution is 2.33. The zero-order chi connectivity index (χ0) is 17.5. The molecule has 3 atom stereocenters. The zero-order valence-electron chi connectivity index (χ0n) is 12.9. The standard InChI is InChI=1S/C12H21F3N2O4S/c1-5-22(20,21)17-7-8(2)16(6-9(17)3)10(18)11(4,19)12(13,14)15/h8-9,19H,5-7H2,1-4H3/t8-,9-,11?/m1/s1. The molecule has 1 heterocycles. The molecule has 1 rings (SSSR count). The summed E-state index contributed by atoms with van der Waals surface area (Å²) in [7, 11) is -3.51. The first-order valence-electron chi connectivity index (χ1n) is 6.85. The van der Waals surface area contributed by atoms with Gasteiger partial charge in [-0.1, -0.05) is 0 Å². The van der Waals surface area contributed by atoms with Gasteiger partial charge in [-0.05, 0) is 27.7 Å². The van der Waals surface area contributed by atoms with E-state index in [-0.39, 0.29) is 18.8 Å². The number of hydrogen-bond donors (Lipinski definition) is 1. The molecule has 0 aromatic heterocycles. The Morgan fingerprint density at radius 2 is 1.73 bits per heavy atom. The molecular formula is C12H21F3N2O4S. The molecule has 1 amide bonds. The number of nitrogens with zero attached hydrogens (tertiary/aromatic N) is 2. The molecule has 0 saturated carbocycles. The Hall–Kier alpha value is -0.870. The van der Waals surface area contributed by atoms with E-state index in [2.05, 4.69) is 0 Å². The fraction of sp³-hybridized carbons (Fsp3) is 0.917. The van der Waals surface area contributed by atoms with E-state index in [0.717, 1.165) is 4.90 Å². The SMILES string of the molecule is CCS(=O)(=O)N1C[C@@H](C)N(C(=O)C(C)(O)C(F)(F)F)C[C@H]1C. The van der Waals surface area contributed by atoms with Crippen LogP contribution in [0, 0.1) is 0 Å². The average molecular weight is 346 g/mol. The lowest BCUT2D eigenvalue weighted by Gasteiger charge is -2.45. The van der Waals surface area contributed by atoms with E-state index >= 15 is 0 Å². The van der Waals surface area contributed by atoms with Crippen molar-refractivity contribution >= 4 is 15.9 Å². The molecule has 6 nitrogen and oxygen atoms in total. The number of carbonyl (C=O) groups is 1. The third-order valence-corrected chi connectivity index (χ3v) is 5.83. The van der Waals surface area contributed by atoms with Crippen LogP contribution in [0.1, 0.15) is 27.7 Å². The first kappa shape index (κ1) is 19.2. The molecule has 22 heavy (non-hydrogen) atoms. The Bertz CT molecular complexity index is 533. The van der Waals surface area contributed by atoms with Crippen molar-refractivity contribution in [2.45, 2.75) is 51.6 Å². The van der Waals surface area contributed by atoms with Crippen molar-refractivity contribution < 1.29 is 31.5 Å². The van der Waals surface area contributed by atoms with Crippen LogP contribution in [0.3, 0.4) is 0 Å². The molecule has 1 aliphatic heterocycles. The lowest BCUT2D eigenvalue weighted by Crippen LogP contribution is -2.65. The molecule has 1 N–H and O–H groups in total. The molecule has 0 spiro atoms. The van der Waals surface area contributed by atoms with Crippen LogP contribution in [0.15, 0.2) is 0 Å². The maximum atomic E-state index is 12.8. The minimum absolute atomic E-state index is 0.100. The Morgan fingerprint density at radius 1 is 1.23 bits per heavy atom. The maximum Gasteiger partial charge on any atom is 0.426 e. The fourth-order valence-electron chi connectivity index (χ4n) is 2.33. The van der Waals surface area contributed by atoms with E-state index in [4.69, 9.17) is 0 Å². The molecule has 1 fully saturated rings. The summed E-state index contributed by atoms with van der Waals surface area (Å²) < 4.78 is 63.4. The van der Waals surface area contributed by atoms with Crippen LogP contribution in [-0.4, -0.2) is 71.3 Å². The van der Waals surface area contributed by atoms with Crippen LogP contribution >= 0.6 is 0 Å². The number of piperazine rings is 1. The van der Waals surface area contributed by atoms with Crippen molar-refractivity contribution in [1.82, 2.24) is 9.21 Å². The van der Waals surface area contributed by atoms with Gasteiger partial charge in [0, 0.05) is 25.2 Å². The molecule has 0 bridgehead atoms. The summed E-state index contributed by atoms with van der Waals surface area (Å²) in [5.41, 5.74) is -3.49. The predicted molar refractivity (Wildman–Crippen MR) is 73.5 cm³/mol. The molecule has 130 valence electrons. The number of rotatable bonds is 3. The monoisotopic (exact) mass is 346 g/mol. The number of amides is 1. The first-order valence-corrected chi connectivity index (χ1v) is 8.46. The number of hydrogen-bond acceptors (Lipinski definition) is 4. The van der Waals surface area contributed by atoms with Crippen molar-refractivity contribution in [3.8, 4) is 0 Å². The summed E-state index contributed by atoms with van der Waals surface area (Å²) in [6.45, 7) is 4.54.